The number of carbonyl (C=O) groups is 1. The molecule has 3 rings (SSSR count). The van der Waals surface area contributed by atoms with Gasteiger partial charge in [-0.3, -0.25) is 4.79 Å². The Bertz CT molecular complexity index is 529. The molecule has 0 aromatic heterocycles. The van der Waals surface area contributed by atoms with Gasteiger partial charge in [0, 0.05) is 6.42 Å². The summed E-state index contributed by atoms with van der Waals surface area (Å²) < 4.78 is 5.41. The fraction of sp³-hybridized carbons (Fsp3) is 0.611. The van der Waals surface area contributed by atoms with Crippen molar-refractivity contribution in [1.82, 2.24) is 0 Å². The first-order valence-electron chi connectivity index (χ1n) is 8.05. The van der Waals surface area contributed by atoms with Crippen molar-refractivity contribution in [3.8, 4) is 5.75 Å². The third kappa shape index (κ3) is 2.54. The van der Waals surface area contributed by atoms with Gasteiger partial charge >= 0.3 is 5.97 Å². The van der Waals surface area contributed by atoms with Gasteiger partial charge in [-0.25, -0.2) is 0 Å². The van der Waals surface area contributed by atoms with Crippen LogP contribution in [-0.2, 0) is 16.6 Å². The number of hydrogen-bond donors (Lipinski definition) is 1. The Balaban J connectivity index is 2.05. The van der Waals surface area contributed by atoms with Crippen LogP contribution in [0.3, 0.4) is 0 Å². The lowest BCUT2D eigenvalue weighted by atomic mass is 9.56. The van der Waals surface area contributed by atoms with Gasteiger partial charge in [0.25, 0.3) is 0 Å². The molecule has 114 valence electrons. The maximum Gasteiger partial charge on any atom is 0.303 e. The molecule has 0 saturated heterocycles. The third-order valence-corrected chi connectivity index (χ3v) is 5.56. The molecular weight excluding hydrogens is 264 g/mol. The van der Waals surface area contributed by atoms with Crippen molar-refractivity contribution < 1.29 is 14.6 Å². The molecule has 2 aliphatic carbocycles. The highest BCUT2D eigenvalue weighted by Crippen LogP contribution is 2.52. The van der Waals surface area contributed by atoms with Gasteiger partial charge in [-0.1, -0.05) is 25.3 Å². The van der Waals surface area contributed by atoms with E-state index in [1.807, 2.05) is 6.07 Å². The predicted octanol–water partition coefficient (Wildman–Crippen LogP) is 3.93. The molecule has 0 bridgehead atoms. The van der Waals surface area contributed by atoms with Gasteiger partial charge in [0.15, 0.2) is 0 Å². The lowest BCUT2D eigenvalue weighted by Gasteiger charge is -2.48. The van der Waals surface area contributed by atoms with Crippen LogP contribution in [0, 0.1) is 5.92 Å². The molecule has 0 amide bonds. The maximum absolute atomic E-state index is 11.3. The molecule has 0 heterocycles. The van der Waals surface area contributed by atoms with Crippen LogP contribution in [0.2, 0.25) is 0 Å². The Hall–Kier alpha value is -1.51. The van der Waals surface area contributed by atoms with Crippen LogP contribution in [0.15, 0.2) is 18.2 Å². The zero-order chi connectivity index (χ0) is 14.9. The monoisotopic (exact) mass is 288 g/mol. The fourth-order valence-electron chi connectivity index (χ4n) is 4.56. The average Bonchev–Trinajstić information content (AvgIpc) is 2.51. The normalized spacial score (nSPS) is 23.6. The molecule has 1 N–H and O–H groups in total. The minimum atomic E-state index is -0.656. The van der Waals surface area contributed by atoms with E-state index in [0.29, 0.717) is 6.42 Å². The van der Waals surface area contributed by atoms with E-state index in [-0.39, 0.29) is 11.3 Å². The van der Waals surface area contributed by atoms with Gasteiger partial charge in [-0.15, -0.1) is 0 Å². The highest BCUT2D eigenvalue weighted by molar-refractivity contribution is 5.67. The summed E-state index contributed by atoms with van der Waals surface area (Å²) in [6.45, 7) is 0. The van der Waals surface area contributed by atoms with E-state index in [1.165, 1.54) is 30.4 Å². The van der Waals surface area contributed by atoms with E-state index in [9.17, 15) is 9.90 Å². The van der Waals surface area contributed by atoms with E-state index >= 15 is 0 Å². The number of rotatable bonds is 3. The summed E-state index contributed by atoms with van der Waals surface area (Å²) >= 11 is 0. The van der Waals surface area contributed by atoms with E-state index in [1.54, 1.807) is 7.11 Å². The highest BCUT2D eigenvalue weighted by atomic mass is 16.5. The number of methoxy groups -OCH3 is 1. The lowest BCUT2D eigenvalue weighted by Crippen LogP contribution is -2.42. The standard InChI is InChI=1S/C18H24O3/c1-21-15-8-6-13-5-7-14(11-17(19)20)18(16(13)12-15)9-3-2-4-10-18/h6,8,12,14H,2-5,7,9-11H2,1H3,(H,19,20). The molecule has 1 aromatic carbocycles. The summed E-state index contributed by atoms with van der Waals surface area (Å²) in [4.78, 5) is 11.3. The number of carboxylic acids is 1. The Morgan fingerprint density at radius 3 is 2.76 bits per heavy atom. The highest BCUT2D eigenvalue weighted by Gasteiger charge is 2.45. The van der Waals surface area contributed by atoms with Crippen LogP contribution >= 0.6 is 0 Å². The number of hydrogen-bond acceptors (Lipinski definition) is 2. The molecule has 21 heavy (non-hydrogen) atoms. The minimum Gasteiger partial charge on any atom is -0.497 e. The Labute approximate surface area is 126 Å². The predicted molar refractivity (Wildman–Crippen MR) is 81.8 cm³/mol. The minimum absolute atomic E-state index is 0.0682. The number of aliphatic carboxylic acids is 1. The largest absolute Gasteiger partial charge is 0.497 e. The van der Waals surface area contributed by atoms with Crippen molar-refractivity contribution in [3.05, 3.63) is 29.3 Å². The first-order chi connectivity index (χ1) is 10.2. The Morgan fingerprint density at radius 1 is 1.33 bits per heavy atom. The summed E-state index contributed by atoms with van der Waals surface area (Å²) in [6.07, 6.45) is 8.28. The third-order valence-electron chi connectivity index (χ3n) is 5.56. The molecule has 2 aliphatic rings. The van der Waals surface area contributed by atoms with Crippen LogP contribution < -0.4 is 4.74 Å². The van der Waals surface area contributed by atoms with E-state index in [2.05, 4.69) is 12.1 Å². The van der Waals surface area contributed by atoms with Crippen molar-refractivity contribution >= 4 is 5.97 Å². The molecular formula is C18H24O3. The molecule has 1 saturated carbocycles. The molecule has 1 aromatic rings. The van der Waals surface area contributed by atoms with Crippen molar-refractivity contribution in [1.29, 1.82) is 0 Å². The zero-order valence-corrected chi connectivity index (χ0v) is 12.7. The average molecular weight is 288 g/mol. The van der Waals surface area contributed by atoms with Gasteiger partial charge in [0.05, 0.1) is 7.11 Å². The number of ether oxygens (including phenoxy) is 1. The quantitative estimate of drug-likeness (QED) is 0.916. The molecule has 3 nitrogen and oxygen atoms in total. The fourth-order valence-corrected chi connectivity index (χ4v) is 4.56. The van der Waals surface area contributed by atoms with Crippen molar-refractivity contribution in [3.63, 3.8) is 0 Å². The van der Waals surface area contributed by atoms with Crippen molar-refractivity contribution in [2.75, 3.05) is 7.11 Å². The van der Waals surface area contributed by atoms with Crippen LogP contribution in [0.1, 0.15) is 56.1 Å². The Kier molecular flexibility index (Phi) is 3.92. The van der Waals surface area contributed by atoms with Crippen molar-refractivity contribution in [2.45, 2.75) is 56.8 Å². The topological polar surface area (TPSA) is 46.5 Å². The van der Waals surface area contributed by atoms with E-state index < -0.39 is 5.97 Å². The van der Waals surface area contributed by atoms with Gasteiger partial charge in [0.1, 0.15) is 5.75 Å². The summed E-state index contributed by atoms with van der Waals surface area (Å²) in [5.41, 5.74) is 2.84. The molecule has 1 atom stereocenters. The molecule has 1 unspecified atom stereocenters. The Morgan fingerprint density at radius 2 is 2.10 bits per heavy atom. The lowest BCUT2D eigenvalue weighted by molar-refractivity contribution is -0.139. The molecule has 0 radical (unpaired) electrons. The summed E-state index contributed by atoms with van der Waals surface area (Å²) in [6, 6.07) is 6.39. The zero-order valence-electron chi connectivity index (χ0n) is 12.7. The van der Waals surface area contributed by atoms with Crippen molar-refractivity contribution in [2.24, 2.45) is 5.92 Å². The van der Waals surface area contributed by atoms with E-state index in [0.717, 1.165) is 31.4 Å². The van der Waals surface area contributed by atoms with Gasteiger partial charge in [0.2, 0.25) is 0 Å². The summed E-state index contributed by atoms with van der Waals surface area (Å²) in [5.74, 6) is 0.515. The van der Waals surface area contributed by atoms with Crippen LogP contribution in [0.5, 0.6) is 5.75 Å². The van der Waals surface area contributed by atoms with Gasteiger partial charge in [-0.2, -0.15) is 0 Å². The van der Waals surface area contributed by atoms with Crippen LogP contribution in [-0.4, -0.2) is 18.2 Å². The second-order valence-corrected chi connectivity index (χ2v) is 6.57. The first kappa shape index (κ1) is 14.4. The maximum atomic E-state index is 11.3. The number of aryl methyl sites for hydroxylation is 1. The second-order valence-electron chi connectivity index (χ2n) is 6.57. The number of carboxylic acid groups (broad SMARTS) is 1. The molecule has 0 aliphatic heterocycles. The van der Waals surface area contributed by atoms with Gasteiger partial charge < -0.3 is 9.84 Å². The van der Waals surface area contributed by atoms with E-state index in [4.69, 9.17) is 4.74 Å². The number of fused-ring (bicyclic) bond motifs is 2. The van der Waals surface area contributed by atoms with Crippen LogP contribution in [0.25, 0.3) is 0 Å². The van der Waals surface area contributed by atoms with Crippen LogP contribution in [0.4, 0.5) is 0 Å². The summed E-state index contributed by atoms with van der Waals surface area (Å²) in [5, 5.41) is 9.30. The molecule has 1 fully saturated rings. The summed E-state index contributed by atoms with van der Waals surface area (Å²) in [7, 11) is 1.70. The smallest absolute Gasteiger partial charge is 0.303 e. The molecule has 3 heteroatoms. The number of benzene rings is 1. The first-order valence-corrected chi connectivity index (χ1v) is 8.05. The SMILES string of the molecule is COc1ccc2c(c1)C1(CCCCC1)C(CC(=O)O)CC2. The second kappa shape index (κ2) is 5.70. The van der Waals surface area contributed by atoms with Gasteiger partial charge in [-0.05, 0) is 60.3 Å². The molecule has 1 spiro atoms.